The van der Waals surface area contributed by atoms with E-state index in [9.17, 15) is 0 Å². The molecule has 0 bridgehead atoms. The molecule has 3 nitrogen and oxygen atoms in total. The van der Waals surface area contributed by atoms with Crippen LogP contribution in [0, 0.1) is 0 Å². The smallest absolute Gasteiger partial charge is 0.0781 e. The van der Waals surface area contributed by atoms with Crippen molar-refractivity contribution in [1.29, 1.82) is 0 Å². The molecule has 2 atom stereocenters. The predicted molar refractivity (Wildman–Crippen MR) is 43.8 cm³/mol. The van der Waals surface area contributed by atoms with Gasteiger partial charge in [0.05, 0.1) is 25.4 Å². The quantitative estimate of drug-likeness (QED) is 0.584. The van der Waals surface area contributed by atoms with Crippen LogP contribution in [0.3, 0.4) is 0 Å². The minimum Gasteiger partial charge on any atom is -0.382 e. The largest absolute Gasteiger partial charge is 0.382 e. The number of ether oxygens (including phenoxy) is 3. The Morgan fingerprint density at radius 2 is 1.64 bits per heavy atom. The van der Waals surface area contributed by atoms with E-state index < -0.39 is 0 Å². The summed E-state index contributed by atoms with van der Waals surface area (Å²) in [7, 11) is 3.34. The zero-order valence-electron chi connectivity index (χ0n) is 7.79. The van der Waals surface area contributed by atoms with Gasteiger partial charge in [-0.15, -0.1) is 0 Å². The lowest BCUT2D eigenvalue weighted by Crippen LogP contribution is -2.21. The van der Waals surface area contributed by atoms with Crippen LogP contribution in [0.1, 0.15) is 13.8 Å². The average molecular weight is 162 g/mol. The van der Waals surface area contributed by atoms with Gasteiger partial charge in [-0.3, -0.25) is 0 Å². The minimum atomic E-state index is 0.151. The molecule has 0 spiro atoms. The molecule has 0 heterocycles. The first-order chi connectivity index (χ1) is 5.20. The molecule has 0 aliphatic carbocycles. The summed E-state index contributed by atoms with van der Waals surface area (Å²) in [5.74, 6) is 0. The van der Waals surface area contributed by atoms with Crippen molar-refractivity contribution in [1.82, 2.24) is 0 Å². The Bertz CT molecular complexity index is 85.4. The SMILES string of the molecule is COC[C@@H](C)OC[C@H](C)OC. The second-order valence-corrected chi connectivity index (χ2v) is 2.65. The second kappa shape index (κ2) is 6.58. The third kappa shape index (κ3) is 6.28. The standard InChI is InChI=1S/C8H18O3/c1-7(10-4)6-11-8(2)5-9-3/h7-8H,5-6H2,1-4H3/t7-,8+/m0/s1. The lowest BCUT2D eigenvalue weighted by molar-refractivity contribution is -0.0386. The maximum absolute atomic E-state index is 5.39. The third-order valence-electron chi connectivity index (χ3n) is 1.42. The van der Waals surface area contributed by atoms with Crippen LogP contribution in [-0.4, -0.2) is 39.6 Å². The van der Waals surface area contributed by atoms with Crippen molar-refractivity contribution < 1.29 is 14.2 Å². The molecular formula is C8H18O3. The molecule has 0 saturated carbocycles. The summed E-state index contributed by atoms with van der Waals surface area (Å²) >= 11 is 0. The van der Waals surface area contributed by atoms with Gasteiger partial charge in [-0.2, -0.15) is 0 Å². The third-order valence-corrected chi connectivity index (χ3v) is 1.42. The van der Waals surface area contributed by atoms with Crippen LogP contribution in [-0.2, 0) is 14.2 Å². The molecule has 0 fully saturated rings. The summed E-state index contributed by atoms with van der Waals surface area (Å²) < 4.78 is 15.3. The minimum absolute atomic E-state index is 0.151. The van der Waals surface area contributed by atoms with E-state index in [1.54, 1.807) is 14.2 Å². The molecular weight excluding hydrogens is 144 g/mol. The molecule has 0 aromatic rings. The summed E-state index contributed by atoms with van der Waals surface area (Å²) in [5.41, 5.74) is 0. The van der Waals surface area contributed by atoms with E-state index in [2.05, 4.69) is 0 Å². The van der Waals surface area contributed by atoms with Crippen molar-refractivity contribution in [3.63, 3.8) is 0 Å². The fourth-order valence-corrected chi connectivity index (χ4v) is 0.651. The Hall–Kier alpha value is -0.120. The van der Waals surface area contributed by atoms with Gasteiger partial charge in [0.1, 0.15) is 0 Å². The Balaban J connectivity index is 3.22. The first-order valence-corrected chi connectivity index (χ1v) is 3.84. The summed E-state index contributed by atoms with van der Waals surface area (Å²) in [6.45, 7) is 5.21. The van der Waals surface area contributed by atoms with Crippen molar-refractivity contribution >= 4 is 0 Å². The van der Waals surface area contributed by atoms with Crippen molar-refractivity contribution in [2.24, 2.45) is 0 Å². The van der Waals surface area contributed by atoms with Crippen LogP contribution < -0.4 is 0 Å². The first kappa shape index (κ1) is 10.9. The molecule has 0 N–H and O–H groups in total. The highest BCUT2D eigenvalue weighted by Gasteiger charge is 2.04. The fraction of sp³-hybridized carbons (Fsp3) is 1.00. The monoisotopic (exact) mass is 162 g/mol. The maximum Gasteiger partial charge on any atom is 0.0781 e. The zero-order valence-corrected chi connectivity index (χ0v) is 7.79. The van der Waals surface area contributed by atoms with E-state index in [-0.39, 0.29) is 12.2 Å². The van der Waals surface area contributed by atoms with Crippen molar-refractivity contribution in [2.45, 2.75) is 26.1 Å². The first-order valence-electron chi connectivity index (χ1n) is 3.84. The molecule has 3 heteroatoms. The molecule has 0 radical (unpaired) electrons. The Morgan fingerprint density at radius 1 is 1.00 bits per heavy atom. The van der Waals surface area contributed by atoms with Crippen LogP contribution in [0.2, 0.25) is 0 Å². The van der Waals surface area contributed by atoms with Crippen LogP contribution in [0.25, 0.3) is 0 Å². The molecule has 0 aliphatic heterocycles. The highest BCUT2D eigenvalue weighted by atomic mass is 16.5. The molecule has 68 valence electrons. The van der Waals surface area contributed by atoms with Gasteiger partial charge in [-0.05, 0) is 13.8 Å². The molecule has 0 unspecified atom stereocenters. The summed E-state index contributed by atoms with van der Waals surface area (Å²) in [5, 5.41) is 0. The van der Waals surface area contributed by atoms with Gasteiger partial charge in [0.25, 0.3) is 0 Å². The van der Waals surface area contributed by atoms with Gasteiger partial charge < -0.3 is 14.2 Å². The molecule has 0 amide bonds. The van der Waals surface area contributed by atoms with Crippen LogP contribution in [0.4, 0.5) is 0 Å². The average Bonchev–Trinajstić information content (AvgIpc) is 2.01. The summed E-state index contributed by atoms with van der Waals surface area (Å²) in [6.07, 6.45) is 0.312. The number of hydrogen-bond acceptors (Lipinski definition) is 3. The van der Waals surface area contributed by atoms with Gasteiger partial charge in [0.2, 0.25) is 0 Å². The van der Waals surface area contributed by atoms with E-state index in [0.717, 1.165) is 0 Å². The molecule has 0 aromatic heterocycles. The van der Waals surface area contributed by atoms with Crippen molar-refractivity contribution in [3.05, 3.63) is 0 Å². The van der Waals surface area contributed by atoms with E-state index in [0.29, 0.717) is 13.2 Å². The van der Waals surface area contributed by atoms with Crippen molar-refractivity contribution in [2.75, 3.05) is 27.4 Å². The topological polar surface area (TPSA) is 27.7 Å². The zero-order chi connectivity index (χ0) is 8.69. The van der Waals surface area contributed by atoms with Gasteiger partial charge in [-0.1, -0.05) is 0 Å². The van der Waals surface area contributed by atoms with Gasteiger partial charge in [-0.25, -0.2) is 0 Å². The molecule has 0 rings (SSSR count). The van der Waals surface area contributed by atoms with Gasteiger partial charge in [0.15, 0.2) is 0 Å². The summed E-state index contributed by atoms with van der Waals surface area (Å²) in [6, 6.07) is 0. The Morgan fingerprint density at radius 3 is 2.09 bits per heavy atom. The second-order valence-electron chi connectivity index (χ2n) is 2.65. The molecule has 0 aromatic carbocycles. The van der Waals surface area contributed by atoms with Gasteiger partial charge in [0, 0.05) is 14.2 Å². The predicted octanol–water partition coefficient (Wildman–Crippen LogP) is 1.07. The summed E-state index contributed by atoms with van der Waals surface area (Å²) in [4.78, 5) is 0. The lowest BCUT2D eigenvalue weighted by atomic mass is 10.4. The Kier molecular flexibility index (Phi) is 6.51. The fourth-order valence-electron chi connectivity index (χ4n) is 0.651. The van der Waals surface area contributed by atoms with E-state index in [1.165, 1.54) is 0 Å². The normalized spacial score (nSPS) is 16.4. The number of rotatable bonds is 6. The molecule has 11 heavy (non-hydrogen) atoms. The highest BCUT2D eigenvalue weighted by molar-refractivity contribution is 4.50. The molecule has 0 aliphatic rings. The van der Waals surface area contributed by atoms with E-state index in [4.69, 9.17) is 14.2 Å². The van der Waals surface area contributed by atoms with E-state index >= 15 is 0 Å². The lowest BCUT2D eigenvalue weighted by Gasteiger charge is -2.14. The maximum atomic E-state index is 5.39. The van der Waals surface area contributed by atoms with Crippen LogP contribution in [0.15, 0.2) is 0 Å². The van der Waals surface area contributed by atoms with Gasteiger partial charge >= 0.3 is 0 Å². The number of methoxy groups -OCH3 is 2. The van der Waals surface area contributed by atoms with Crippen LogP contribution in [0.5, 0.6) is 0 Å². The highest BCUT2D eigenvalue weighted by Crippen LogP contribution is 1.95. The van der Waals surface area contributed by atoms with E-state index in [1.807, 2.05) is 13.8 Å². The number of hydrogen-bond donors (Lipinski definition) is 0. The Labute approximate surface area is 68.6 Å². The molecule has 0 saturated heterocycles. The van der Waals surface area contributed by atoms with Crippen molar-refractivity contribution in [3.8, 4) is 0 Å². The van der Waals surface area contributed by atoms with Crippen LogP contribution >= 0.6 is 0 Å².